The summed E-state index contributed by atoms with van der Waals surface area (Å²) in [7, 11) is 0. The second-order valence-electron chi connectivity index (χ2n) is 5.67. The van der Waals surface area contributed by atoms with Crippen LogP contribution >= 0.6 is 0 Å². The van der Waals surface area contributed by atoms with Gasteiger partial charge in [-0.1, -0.05) is 13.8 Å². The summed E-state index contributed by atoms with van der Waals surface area (Å²) >= 11 is 0. The average Bonchev–Trinajstić information content (AvgIpc) is 2.74. The SMILES string of the molecule is CCNC1CCN(c2ccc3c(c2)OC(F)(F)O3)CC1C. The number of fused-ring (bicyclic) bond motifs is 1. The van der Waals surface area contributed by atoms with Crippen LogP contribution in [0.5, 0.6) is 11.5 Å². The number of ether oxygens (including phenoxy) is 2. The number of rotatable bonds is 3. The second-order valence-corrected chi connectivity index (χ2v) is 5.67. The van der Waals surface area contributed by atoms with Gasteiger partial charge in [0, 0.05) is 30.9 Å². The average molecular weight is 298 g/mol. The molecular formula is C15H20F2N2O2. The lowest BCUT2D eigenvalue weighted by Crippen LogP contribution is -2.48. The van der Waals surface area contributed by atoms with Gasteiger partial charge >= 0.3 is 6.29 Å². The first-order valence-corrected chi connectivity index (χ1v) is 7.37. The van der Waals surface area contributed by atoms with E-state index in [1.165, 1.54) is 0 Å². The zero-order valence-electron chi connectivity index (χ0n) is 12.2. The number of nitrogens with one attached hydrogen (secondary N) is 1. The molecule has 0 saturated carbocycles. The summed E-state index contributed by atoms with van der Waals surface area (Å²) in [4.78, 5) is 2.21. The molecule has 0 aliphatic carbocycles. The summed E-state index contributed by atoms with van der Waals surface area (Å²) in [6.07, 6.45) is -2.51. The lowest BCUT2D eigenvalue weighted by atomic mass is 9.93. The minimum absolute atomic E-state index is 0.0966. The van der Waals surface area contributed by atoms with Gasteiger partial charge in [0.15, 0.2) is 11.5 Å². The van der Waals surface area contributed by atoms with E-state index in [2.05, 4.69) is 33.5 Å². The molecule has 1 saturated heterocycles. The summed E-state index contributed by atoms with van der Waals surface area (Å²) in [5.74, 6) is 0.712. The molecule has 4 nitrogen and oxygen atoms in total. The molecule has 2 atom stereocenters. The molecule has 21 heavy (non-hydrogen) atoms. The molecule has 2 unspecified atom stereocenters. The van der Waals surface area contributed by atoms with Crippen LogP contribution in [0.3, 0.4) is 0 Å². The maximum Gasteiger partial charge on any atom is 0.586 e. The third kappa shape index (κ3) is 2.90. The largest absolute Gasteiger partial charge is 0.586 e. The number of benzene rings is 1. The van der Waals surface area contributed by atoms with Crippen molar-refractivity contribution in [3.63, 3.8) is 0 Å². The van der Waals surface area contributed by atoms with Gasteiger partial charge < -0.3 is 19.7 Å². The topological polar surface area (TPSA) is 33.7 Å². The fraction of sp³-hybridized carbons (Fsp3) is 0.600. The van der Waals surface area contributed by atoms with Crippen molar-refractivity contribution in [1.82, 2.24) is 5.32 Å². The first-order valence-electron chi connectivity index (χ1n) is 7.37. The molecule has 0 aromatic heterocycles. The van der Waals surface area contributed by atoms with E-state index < -0.39 is 6.29 Å². The lowest BCUT2D eigenvalue weighted by Gasteiger charge is -2.38. The van der Waals surface area contributed by atoms with Crippen molar-refractivity contribution < 1.29 is 18.3 Å². The third-order valence-electron chi connectivity index (χ3n) is 4.12. The minimum atomic E-state index is -3.55. The maximum absolute atomic E-state index is 13.0. The van der Waals surface area contributed by atoms with Gasteiger partial charge in [-0.25, -0.2) is 0 Å². The molecule has 3 rings (SSSR count). The van der Waals surface area contributed by atoms with E-state index in [0.29, 0.717) is 12.0 Å². The fourth-order valence-corrected chi connectivity index (χ4v) is 3.08. The molecule has 116 valence electrons. The molecule has 2 heterocycles. The highest BCUT2D eigenvalue weighted by Crippen LogP contribution is 2.43. The molecule has 1 aromatic carbocycles. The Labute approximate surface area is 123 Å². The van der Waals surface area contributed by atoms with E-state index in [9.17, 15) is 8.78 Å². The van der Waals surface area contributed by atoms with E-state index in [0.717, 1.165) is 31.7 Å². The predicted molar refractivity (Wildman–Crippen MR) is 76.1 cm³/mol. The van der Waals surface area contributed by atoms with Crippen molar-refractivity contribution in [2.75, 3.05) is 24.5 Å². The summed E-state index contributed by atoms with van der Waals surface area (Å²) in [5, 5.41) is 3.49. The number of hydrogen-bond acceptors (Lipinski definition) is 4. The number of anilines is 1. The minimum Gasteiger partial charge on any atom is -0.395 e. The number of nitrogens with zero attached hydrogens (tertiary/aromatic N) is 1. The first-order chi connectivity index (χ1) is 9.98. The summed E-state index contributed by atoms with van der Waals surface area (Å²) in [5.41, 5.74) is 0.900. The van der Waals surface area contributed by atoms with Crippen LogP contribution in [0.4, 0.5) is 14.5 Å². The fourth-order valence-electron chi connectivity index (χ4n) is 3.08. The monoisotopic (exact) mass is 298 g/mol. The van der Waals surface area contributed by atoms with Crippen molar-refractivity contribution in [1.29, 1.82) is 0 Å². The van der Waals surface area contributed by atoms with Crippen LogP contribution in [0.25, 0.3) is 0 Å². The lowest BCUT2D eigenvalue weighted by molar-refractivity contribution is -0.286. The standard InChI is InChI=1S/C15H20F2N2O2/c1-3-18-12-6-7-19(9-10(12)2)11-4-5-13-14(8-11)21-15(16,17)20-13/h4-5,8,10,12,18H,3,6-7,9H2,1-2H3. The van der Waals surface area contributed by atoms with Crippen LogP contribution in [0, 0.1) is 5.92 Å². The molecule has 1 fully saturated rings. The van der Waals surface area contributed by atoms with Crippen molar-refractivity contribution >= 4 is 5.69 Å². The van der Waals surface area contributed by atoms with Crippen molar-refractivity contribution in [2.24, 2.45) is 5.92 Å². The van der Waals surface area contributed by atoms with Crippen molar-refractivity contribution in [2.45, 2.75) is 32.6 Å². The zero-order valence-corrected chi connectivity index (χ0v) is 12.2. The van der Waals surface area contributed by atoms with Crippen LogP contribution in [-0.2, 0) is 0 Å². The Morgan fingerprint density at radius 2 is 2.10 bits per heavy atom. The Balaban J connectivity index is 1.72. The van der Waals surface area contributed by atoms with Crippen LogP contribution in [0.15, 0.2) is 18.2 Å². The molecule has 2 aliphatic heterocycles. The number of piperidine rings is 1. The third-order valence-corrected chi connectivity index (χ3v) is 4.12. The quantitative estimate of drug-likeness (QED) is 0.930. The van der Waals surface area contributed by atoms with E-state index in [1.807, 2.05) is 6.07 Å². The van der Waals surface area contributed by atoms with Gasteiger partial charge in [0.1, 0.15) is 0 Å². The Morgan fingerprint density at radius 3 is 2.81 bits per heavy atom. The van der Waals surface area contributed by atoms with Gasteiger partial charge in [0.25, 0.3) is 0 Å². The highest BCUT2D eigenvalue weighted by Gasteiger charge is 2.43. The zero-order chi connectivity index (χ0) is 15.0. The molecule has 1 aromatic rings. The van der Waals surface area contributed by atoms with Crippen molar-refractivity contribution in [3.8, 4) is 11.5 Å². The van der Waals surface area contributed by atoms with Gasteiger partial charge in [0.2, 0.25) is 0 Å². The van der Waals surface area contributed by atoms with Crippen LogP contribution < -0.4 is 19.7 Å². The number of hydrogen-bond donors (Lipinski definition) is 1. The molecular weight excluding hydrogens is 278 g/mol. The summed E-state index contributed by atoms with van der Waals surface area (Å²) in [6.45, 7) is 7.08. The molecule has 0 bridgehead atoms. The van der Waals surface area contributed by atoms with Gasteiger partial charge in [-0.3, -0.25) is 0 Å². The van der Waals surface area contributed by atoms with Crippen LogP contribution in [0.1, 0.15) is 20.3 Å². The van der Waals surface area contributed by atoms with E-state index in [-0.39, 0.29) is 11.5 Å². The molecule has 0 spiro atoms. The number of alkyl halides is 2. The van der Waals surface area contributed by atoms with Crippen LogP contribution in [0.2, 0.25) is 0 Å². The first kappa shape index (κ1) is 14.4. The summed E-state index contributed by atoms with van der Waals surface area (Å²) < 4.78 is 35.0. The highest BCUT2D eigenvalue weighted by atomic mass is 19.3. The smallest absolute Gasteiger partial charge is 0.395 e. The summed E-state index contributed by atoms with van der Waals surface area (Å²) in [6, 6.07) is 5.51. The van der Waals surface area contributed by atoms with Gasteiger partial charge in [-0.05, 0) is 31.0 Å². The Kier molecular flexibility index (Phi) is 3.65. The maximum atomic E-state index is 13.0. The Bertz CT molecular complexity index is 524. The highest BCUT2D eigenvalue weighted by molar-refractivity contribution is 5.57. The van der Waals surface area contributed by atoms with Gasteiger partial charge in [-0.2, -0.15) is 0 Å². The molecule has 6 heteroatoms. The van der Waals surface area contributed by atoms with Gasteiger partial charge in [-0.15, -0.1) is 8.78 Å². The van der Waals surface area contributed by atoms with E-state index >= 15 is 0 Å². The Hall–Kier alpha value is -1.56. The predicted octanol–water partition coefficient (Wildman–Crippen LogP) is 2.83. The molecule has 1 N–H and O–H groups in total. The van der Waals surface area contributed by atoms with Crippen molar-refractivity contribution in [3.05, 3.63) is 18.2 Å². The van der Waals surface area contributed by atoms with Gasteiger partial charge in [0.05, 0.1) is 0 Å². The van der Waals surface area contributed by atoms with Crippen LogP contribution in [-0.4, -0.2) is 32.0 Å². The normalized spacial score (nSPS) is 27.0. The Morgan fingerprint density at radius 1 is 1.33 bits per heavy atom. The molecule has 0 radical (unpaired) electrons. The second kappa shape index (κ2) is 5.33. The molecule has 2 aliphatic rings. The van der Waals surface area contributed by atoms with E-state index in [1.54, 1.807) is 12.1 Å². The molecule has 0 amide bonds. The van der Waals surface area contributed by atoms with E-state index in [4.69, 9.17) is 0 Å². The number of halogens is 2.